The molecule has 0 spiro atoms. The third-order valence-corrected chi connectivity index (χ3v) is 3.42. The lowest BCUT2D eigenvalue weighted by Crippen LogP contribution is -2.36. The zero-order chi connectivity index (χ0) is 15.7. The largest absolute Gasteiger partial charge is 0.443 e. The minimum absolute atomic E-state index is 0.464. The van der Waals surface area contributed by atoms with Gasteiger partial charge in [0.15, 0.2) is 0 Å². The molecule has 22 heavy (non-hydrogen) atoms. The molecule has 1 aliphatic rings. The maximum atomic E-state index is 5.96. The first-order valence-corrected chi connectivity index (χ1v) is 7.03. The molecule has 2 aromatic rings. The molecule has 1 aliphatic heterocycles. The number of nitrogens with zero attached hydrogens (tertiary/aromatic N) is 5. The van der Waals surface area contributed by atoms with Crippen LogP contribution in [0.5, 0.6) is 0 Å². The topological polar surface area (TPSA) is 93.4 Å². The van der Waals surface area contributed by atoms with Crippen LogP contribution in [0, 0.1) is 13.8 Å². The van der Waals surface area contributed by atoms with Gasteiger partial charge in [-0.3, -0.25) is 0 Å². The molecule has 0 saturated carbocycles. The van der Waals surface area contributed by atoms with E-state index in [2.05, 4.69) is 24.8 Å². The van der Waals surface area contributed by atoms with E-state index < -0.39 is 0 Å². The third-order valence-electron chi connectivity index (χ3n) is 3.42. The predicted octanol–water partition coefficient (Wildman–Crippen LogP) is 1.64. The average Bonchev–Trinajstić information content (AvgIpc) is 2.95. The van der Waals surface area contributed by atoms with Gasteiger partial charge in [0, 0.05) is 17.1 Å². The molecule has 0 aliphatic carbocycles. The smallest absolute Gasteiger partial charge is 0.246 e. The quantitative estimate of drug-likeness (QED) is 0.926. The summed E-state index contributed by atoms with van der Waals surface area (Å²) in [7, 11) is 0. The third kappa shape index (κ3) is 2.83. The number of aromatic nitrogens is 3. The van der Waals surface area contributed by atoms with Gasteiger partial charge in [0.25, 0.3) is 0 Å². The Hall–Kier alpha value is -2.70. The Kier molecular flexibility index (Phi) is 3.62. The van der Waals surface area contributed by atoms with Crippen molar-refractivity contribution in [2.45, 2.75) is 27.3 Å². The fourth-order valence-electron chi connectivity index (χ4n) is 2.48. The maximum absolute atomic E-state index is 5.96. The fourth-order valence-corrected chi connectivity index (χ4v) is 2.48. The van der Waals surface area contributed by atoms with Gasteiger partial charge in [-0.15, -0.1) is 0 Å². The number of nitrogens with two attached hydrogens (primary N) is 1. The first-order valence-electron chi connectivity index (χ1n) is 7.03. The normalized spacial score (nSPS) is 15.2. The predicted molar refractivity (Wildman–Crippen MR) is 82.6 cm³/mol. The zero-order valence-electron chi connectivity index (χ0n) is 12.9. The van der Waals surface area contributed by atoms with Crippen molar-refractivity contribution in [3.8, 4) is 0 Å². The molecule has 0 unspecified atom stereocenters. The summed E-state index contributed by atoms with van der Waals surface area (Å²) in [4.78, 5) is 19.6. The number of hydrogen-bond acceptors (Lipinski definition) is 7. The van der Waals surface area contributed by atoms with Crippen LogP contribution in [0.25, 0.3) is 5.70 Å². The average molecular weight is 298 g/mol. The second-order valence-corrected chi connectivity index (χ2v) is 5.30. The van der Waals surface area contributed by atoms with Gasteiger partial charge in [0.2, 0.25) is 5.89 Å². The van der Waals surface area contributed by atoms with Crippen LogP contribution in [-0.2, 0) is 6.54 Å². The summed E-state index contributed by atoms with van der Waals surface area (Å²) in [6.07, 6.45) is 3.11. The molecule has 0 radical (unpaired) electrons. The Bertz CT molecular complexity index is 727. The van der Waals surface area contributed by atoms with Crippen molar-refractivity contribution in [2.24, 2.45) is 10.7 Å². The van der Waals surface area contributed by atoms with Crippen LogP contribution in [0.4, 0.5) is 0 Å². The van der Waals surface area contributed by atoms with Gasteiger partial charge < -0.3 is 15.1 Å². The van der Waals surface area contributed by atoms with Gasteiger partial charge in [-0.2, -0.15) is 0 Å². The van der Waals surface area contributed by atoms with Crippen molar-refractivity contribution in [3.05, 3.63) is 47.3 Å². The lowest BCUT2D eigenvalue weighted by atomic mass is 10.2. The van der Waals surface area contributed by atoms with E-state index in [-0.39, 0.29) is 0 Å². The molecular formula is C15H18N6O. The summed E-state index contributed by atoms with van der Waals surface area (Å²) < 4.78 is 5.34. The second kappa shape index (κ2) is 5.59. The highest BCUT2D eigenvalue weighted by molar-refractivity contribution is 5.90. The summed E-state index contributed by atoms with van der Waals surface area (Å²) >= 11 is 0. The van der Waals surface area contributed by atoms with Crippen molar-refractivity contribution in [1.29, 1.82) is 0 Å². The molecule has 2 aromatic heterocycles. The number of allylic oxidation sites excluding steroid dienone is 1. The van der Waals surface area contributed by atoms with Crippen molar-refractivity contribution in [1.82, 2.24) is 19.9 Å². The van der Waals surface area contributed by atoms with Gasteiger partial charge in [0.05, 0.1) is 19.3 Å². The molecule has 0 amide bonds. The minimum atomic E-state index is 0.464. The van der Waals surface area contributed by atoms with E-state index in [1.165, 1.54) is 6.26 Å². The van der Waals surface area contributed by atoms with Crippen LogP contribution in [0.2, 0.25) is 0 Å². The van der Waals surface area contributed by atoms with Gasteiger partial charge >= 0.3 is 0 Å². The van der Waals surface area contributed by atoms with E-state index in [0.717, 1.165) is 22.9 Å². The molecule has 3 heterocycles. The molecule has 3 rings (SSSR count). The molecule has 0 atom stereocenters. The van der Waals surface area contributed by atoms with Crippen molar-refractivity contribution >= 4 is 11.5 Å². The maximum Gasteiger partial charge on any atom is 0.246 e. The number of amidine groups is 1. The Morgan fingerprint density at radius 1 is 1.23 bits per heavy atom. The van der Waals surface area contributed by atoms with Gasteiger partial charge in [-0.05, 0) is 26.8 Å². The lowest BCUT2D eigenvalue weighted by Gasteiger charge is -2.28. The number of rotatable bonds is 3. The Morgan fingerprint density at radius 3 is 2.59 bits per heavy atom. The molecular weight excluding hydrogens is 280 g/mol. The van der Waals surface area contributed by atoms with E-state index in [4.69, 9.17) is 10.2 Å². The number of aliphatic imine (C=N–C) groups is 1. The molecule has 0 fully saturated rings. The van der Waals surface area contributed by atoms with Crippen LogP contribution in [-0.4, -0.2) is 32.2 Å². The fraction of sp³-hybridized carbons (Fsp3) is 0.333. The SMILES string of the molecule is CC1=C(c2ncco2)N=C(N)CN1Cc1nc(C)cc(C)n1. The van der Waals surface area contributed by atoms with Crippen LogP contribution < -0.4 is 5.73 Å². The number of hydrogen-bond donors (Lipinski definition) is 1. The van der Waals surface area contributed by atoms with Crippen molar-refractivity contribution in [2.75, 3.05) is 6.54 Å². The molecule has 0 saturated heterocycles. The Morgan fingerprint density at radius 2 is 1.95 bits per heavy atom. The first-order chi connectivity index (χ1) is 10.5. The standard InChI is InChI=1S/C15H18N6O/c1-9-6-10(2)19-13(18-9)8-21-7-12(16)20-14(11(21)3)15-17-4-5-22-15/h4-6H,7-8H2,1-3H3,(H2,16,20). The van der Waals surface area contributed by atoms with E-state index in [1.807, 2.05) is 26.8 Å². The summed E-state index contributed by atoms with van der Waals surface area (Å²) in [6.45, 7) is 7.00. The van der Waals surface area contributed by atoms with E-state index in [0.29, 0.717) is 30.5 Å². The molecule has 7 nitrogen and oxygen atoms in total. The van der Waals surface area contributed by atoms with Crippen LogP contribution in [0.15, 0.2) is 33.6 Å². The van der Waals surface area contributed by atoms with Crippen LogP contribution in [0.3, 0.4) is 0 Å². The van der Waals surface area contributed by atoms with Crippen molar-refractivity contribution in [3.63, 3.8) is 0 Å². The summed E-state index contributed by atoms with van der Waals surface area (Å²) in [5, 5.41) is 0. The van der Waals surface area contributed by atoms with E-state index in [9.17, 15) is 0 Å². The van der Waals surface area contributed by atoms with E-state index >= 15 is 0 Å². The number of oxazole rings is 1. The lowest BCUT2D eigenvalue weighted by molar-refractivity contribution is 0.366. The van der Waals surface area contributed by atoms with Gasteiger partial charge in [0.1, 0.15) is 23.6 Å². The summed E-state index contributed by atoms with van der Waals surface area (Å²) in [6, 6.07) is 1.95. The monoisotopic (exact) mass is 298 g/mol. The van der Waals surface area contributed by atoms with Crippen LogP contribution in [0.1, 0.15) is 30.0 Å². The highest BCUT2D eigenvalue weighted by atomic mass is 16.3. The minimum Gasteiger partial charge on any atom is -0.443 e. The highest BCUT2D eigenvalue weighted by Crippen LogP contribution is 2.25. The number of aryl methyl sites for hydroxylation is 2. The molecule has 2 N–H and O–H groups in total. The van der Waals surface area contributed by atoms with Crippen LogP contribution >= 0.6 is 0 Å². The zero-order valence-corrected chi connectivity index (χ0v) is 12.9. The van der Waals surface area contributed by atoms with Gasteiger partial charge in [-0.1, -0.05) is 0 Å². The summed E-state index contributed by atoms with van der Waals surface area (Å²) in [5.74, 6) is 1.74. The Labute approximate surface area is 128 Å². The van der Waals surface area contributed by atoms with Crippen molar-refractivity contribution < 1.29 is 4.42 Å². The molecule has 7 heteroatoms. The molecule has 0 aromatic carbocycles. The van der Waals surface area contributed by atoms with E-state index in [1.54, 1.807) is 6.20 Å². The van der Waals surface area contributed by atoms with Gasteiger partial charge in [-0.25, -0.2) is 19.9 Å². The molecule has 0 bridgehead atoms. The highest BCUT2D eigenvalue weighted by Gasteiger charge is 2.22. The first kappa shape index (κ1) is 14.2. The molecule has 114 valence electrons. The Balaban J connectivity index is 1.92. The second-order valence-electron chi connectivity index (χ2n) is 5.30. The summed E-state index contributed by atoms with van der Waals surface area (Å²) in [5.41, 5.74) is 9.46.